The summed E-state index contributed by atoms with van der Waals surface area (Å²) in [6.45, 7) is 1.56. The zero-order valence-corrected chi connectivity index (χ0v) is 15.9. The van der Waals surface area contributed by atoms with Crippen molar-refractivity contribution in [1.82, 2.24) is 4.98 Å². The number of aromatic nitrogens is 1. The Morgan fingerprint density at radius 3 is 2.65 bits per heavy atom. The first kappa shape index (κ1) is 20.5. The number of rotatable bonds is 6. The first-order valence-corrected chi connectivity index (χ1v) is 8.78. The number of esters is 1. The van der Waals surface area contributed by atoms with Gasteiger partial charge >= 0.3 is 11.4 Å². The van der Waals surface area contributed by atoms with Gasteiger partial charge in [0.1, 0.15) is 17.0 Å². The van der Waals surface area contributed by atoms with Crippen molar-refractivity contribution in [2.45, 2.75) is 22.1 Å². The molecule has 0 aliphatic rings. The summed E-state index contributed by atoms with van der Waals surface area (Å²) in [7, 11) is 1.40. The van der Waals surface area contributed by atoms with E-state index in [9.17, 15) is 18.4 Å². The highest BCUT2D eigenvalue weighted by molar-refractivity contribution is 7.99. The molecule has 140 valence electrons. The van der Waals surface area contributed by atoms with Gasteiger partial charge in [-0.1, -0.05) is 29.4 Å². The zero-order valence-electron chi connectivity index (χ0n) is 13.6. The Morgan fingerprint density at radius 2 is 2.08 bits per heavy atom. The summed E-state index contributed by atoms with van der Waals surface area (Å²) < 4.78 is 37.0. The van der Waals surface area contributed by atoms with Crippen molar-refractivity contribution in [3.05, 3.63) is 50.9 Å². The Hall–Kier alpha value is -1.77. The fourth-order valence-electron chi connectivity index (χ4n) is 2.02. The summed E-state index contributed by atoms with van der Waals surface area (Å²) in [6, 6.07) is 5.70. The molecule has 0 bridgehead atoms. The number of aromatic amines is 1. The number of methoxy groups -OCH3 is 1. The van der Waals surface area contributed by atoms with Crippen LogP contribution in [0.2, 0.25) is 5.02 Å². The van der Waals surface area contributed by atoms with E-state index in [0.29, 0.717) is 10.6 Å². The van der Waals surface area contributed by atoms with Crippen molar-refractivity contribution in [2.24, 2.45) is 0 Å². The largest absolute Gasteiger partial charge is 0.496 e. The quantitative estimate of drug-likeness (QED) is 0.540. The van der Waals surface area contributed by atoms with Crippen molar-refractivity contribution >= 4 is 40.9 Å². The van der Waals surface area contributed by atoms with Crippen LogP contribution >= 0.6 is 35.0 Å². The molecular weight excluding hydrogens is 411 g/mol. The molecule has 2 aromatic rings. The molecule has 0 aliphatic carbocycles. The van der Waals surface area contributed by atoms with Gasteiger partial charge < -0.3 is 14.5 Å². The summed E-state index contributed by atoms with van der Waals surface area (Å²) in [4.78, 5) is 26.5. The highest BCUT2D eigenvalue weighted by Crippen LogP contribution is 2.42. The van der Waals surface area contributed by atoms with E-state index in [0.717, 1.165) is 17.8 Å². The van der Waals surface area contributed by atoms with Gasteiger partial charge in [0, 0.05) is 4.90 Å². The molecule has 0 unspecified atom stereocenters. The molecule has 2 rings (SSSR count). The smallest absolute Gasteiger partial charge is 0.362 e. The predicted molar refractivity (Wildman–Crippen MR) is 94.9 cm³/mol. The van der Waals surface area contributed by atoms with Gasteiger partial charge in [-0.05, 0) is 36.7 Å². The van der Waals surface area contributed by atoms with Crippen molar-refractivity contribution < 1.29 is 23.0 Å². The molecule has 0 saturated heterocycles. The van der Waals surface area contributed by atoms with Crippen LogP contribution < -0.4 is 10.3 Å². The van der Waals surface area contributed by atoms with E-state index >= 15 is 0 Å². The number of carbonyl (C=O) groups excluding carboxylic acids is 1. The van der Waals surface area contributed by atoms with Crippen LogP contribution in [0.25, 0.3) is 0 Å². The number of hydrogen-bond donors (Lipinski definition) is 1. The van der Waals surface area contributed by atoms with E-state index in [2.05, 4.69) is 0 Å². The van der Waals surface area contributed by atoms with Gasteiger partial charge in [0.15, 0.2) is 0 Å². The molecule has 10 heteroatoms. The van der Waals surface area contributed by atoms with Crippen LogP contribution in [-0.4, -0.2) is 24.7 Å². The summed E-state index contributed by atoms with van der Waals surface area (Å²) in [6.07, 6.45) is 0. The minimum atomic E-state index is -3.83. The monoisotopic (exact) mass is 423 g/mol. The van der Waals surface area contributed by atoms with E-state index in [1.54, 1.807) is 25.1 Å². The minimum Gasteiger partial charge on any atom is -0.496 e. The molecule has 0 radical (unpaired) electrons. The first-order chi connectivity index (χ1) is 12.2. The maximum absolute atomic E-state index is 13.5. The van der Waals surface area contributed by atoms with Gasteiger partial charge in [-0.25, -0.2) is 4.79 Å². The Balaban J connectivity index is 2.67. The van der Waals surface area contributed by atoms with Crippen LogP contribution in [0.1, 0.15) is 23.0 Å². The lowest BCUT2D eigenvalue weighted by molar-refractivity contribution is 0.0517. The third-order valence-electron chi connectivity index (χ3n) is 3.14. The lowest BCUT2D eigenvalue weighted by atomic mass is 10.2. The van der Waals surface area contributed by atoms with Crippen molar-refractivity contribution in [1.29, 1.82) is 0 Å². The molecule has 1 aromatic carbocycles. The maximum atomic E-state index is 13.5. The highest BCUT2D eigenvalue weighted by atomic mass is 35.5. The number of pyridine rings is 1. The predicted octanol–water partition coefficient (Wildman–Crippen LogP) is 4.65. The number of benzene rings is 1. The number of carbonyl (C=O) groups is 1. The highest BCUT2D eigenvalue weighted by Gasteiger charge is 2.32. The van der Waals surface area contributed by atoms with E-state index < -0.39 is 28.2 Å². The Labute approximate surface area is 161 Å². The molecule has 0 spiro atoms. The van der Waals surface area contributed by atoms with Gasteiger partial charge in [0.25, 0.3) is 5.56 Å². The molecule has 0 fully saturated rings. The van der Waals surface area contributed by atoms with Crippen LogP contribution in [0.4, 0.5) is 8.78 Å². The molecule has 0 atom stereocenters. The standard InChI is InChI=1S/C16H13Cl2F2NO4S/c1-3-25-15(23)12-10(7-11(16(18,19)20)21-14(12)22)26-13-8(17)5-4-6-9(13)24-2/h4-7H,3H2,1-2H3,(H,21,22). The van der Waals surface area contributed by atoms with Crippen LogP contribution in [-0.2, 0) is 10.1 Å². The summed E-state index contributed by atoms with van der Waals surface area (Å²) in [5, 5.41) is -3.57. The number of alkyl halides is 3. The van der Waals surface area contributed by atoms with Gasteiger partial charge in [0.2, 0.25) is 0 Å². The maximum Gasteiger partial charge on any atom is 0.362 e. The SMILES string of the molecule is CCOC(=O)c1c(Sc2c(Cl)cccc2OC)cc(C(F)(F)Cl)[nH]c1=O. The Morgan fingerprint density at radius 1 is 1.38 bits per heavy atom. The number of H-pyrrole nitrogens is 1. The first-order valence-electron chi connectivity index (χ1n) is 7.21. The van der Waals surface area contributed by atoms with Crippen LogP contribution in [0.3, 0.4) is 0 Å². The van der Waals surface area contributed by atoms with Gasteiger partial charge in [0.05, 0.1) is 23.6 Å². The van der Waals surface area contributed by atoms with Crippen molar-refractivity contribution in [2.75, 3.05) is 13.7 Å². The van der Waals surface area contributed by atoms with Crippen molar-refractivity contribution in [3.8, 4) is 5.75 Å². The van der Waals surface area contributed by atoms with Gasteiger partial charge in [-0.2, -0.15) is 8.78 Å². The molecule has 26 heavy (non-hydrogen) atoms. The fraction of sp³-hybridized carbons (Fsp3) is 0.250. The fourth-order valence-corrected chi connectivity index (χ4v) is 3.50. The second kappa shape index (κ2) is 8.28. The molecule has 0 aliphatic heterocycles. The topological polar surface area (TPSA) is 68.4 Å². The summed E-state index contributed by atoms with van der Waals surface area (Å²) in [5.41, 5.74) is -2.33. The number of ether oxygens (including phenoxy) is 2. The second-order valence-electron chi connectivity index (χ2n) is 4.84. The summed E-state index contributed by atoms with van der Waals surface area (Å²) >= 11 is 12.0. The molecule has 1 aromatic heterocycles. The molecule has 5 nitrogen and oxygen atoms in total. The number of nitrogens with one attached hydrogen (secondary N) is 1. The molecular formula is C16H13Cl2F2NO4S. The average Bonchev–Trinajstić information content (AvgIpc) is 2.55. The Bertz CT molecular complexity index is 884. The lowest BCUT2D eigenvalue weighted by Crippen LogP contribution is -2.24. The van der Waals surface area contributed by atoms with Gasteiger partial charge in [-0.3, -0.25) is 4.79 Å². The lowest BCUT2D eigenvalue weighted by Gasteiger charge is -2.15. The van der Waals surface area contributed by atoms with E-state index in [1.165, 1.54) is 7.11 Å². The van der Waals surface area contributed by atoms with E-state index in [1.807, 2.05) is 4.98 Å². The normalized spacial score (nSPS) is 11.3. The summed E-state index contributed by atoms with van der Waals surface area (Å²) in [5.74, 6) is -0.608. The van der Waals surface area contributed by atoms with Gasteiger partial charge in [-0.15, -0.1) is 0 Å². The third-order valence-corrected chi connectivity index (χ3v) is 4.94. The van der Waals surface area contributed by atoms with Crippen LogP contribution in [0.15, 0.2) is 38.9 Å². The zero-order chi connectivity index (χ0) is 19.5. The van der Waals surface area contributed by atoms with Crippen molar-refractivity contribution in [3.63, 3.8) is 0 Å². The number of hydrogen-bond acceptors (Lipinski definition) is 5. The Kier molecular flexibility index (Phi) is 6.54. The molecule has 0 amide bonds. The second-order valence-corrected chi connectivity index (χ2v) is 6.78. The number of halogens is 4. The third kappa shape index (κ3) is 4.49. The molecule has 0 saturated carbocycles. The molecule has 1 heterocycles. The van der Waals surface area contributed by atoms with Crippen LogP contribution in [0, 0.1) is 0 Å². The minimum absolute atomic E-state index is 0.00517. The van der Waals surface area contributed by atoms with E-state index in [-0.39, 0.29) is 16.5 Å². The van der Waals surface area contributed by atoms with E-state index in [4.69, 9.17) is 32.7 Å². The van der Waals surface area contributed by atoms with Crippen LogP contribution in [0.5, 0.6) is 5.75 Å². The average molecular weight is 424 g/mol. The molecule has 1 N–H and O–H groups in total.